The van der Waals surface area contributed by atoms with Crippen LogP contribution in [0.25, 0.3) is 0 Å². The van der Waals surface area contributed by atoms with Crippen molar-refractivity contribution in [3.8, 4) is 12.5 Å². The highest BCUT2D eigenvalue weighted by Crippen LogP contribution is 2.02. The lowest BCUT2D eigenvalue weighted by Gasteiger charge is -2.08. The number of nitrogens with zero attached hydrogens (tertiary/aromatic N) is 1. The number of hydrogen-bond acceptors (Lipinski definition) is 1. The third-order valence-electron chi connectivity index (χ3n) is 2.53. The van der Waals surface area contributed by atoms with Crippen LogP contribution in [0.2, 0.25) is 0 Å². The monoisotopic (exact) mass is 234 g/mol. The molecule has 0 aliphatic heterocycles. The predicted molar refractivity (Wildman–Crippen MR) is 75.1 cm³/mol. The molecule has 18 heavy (non-hydrogen) atoms. The fourth-order valence-electron chi connectivity index (χ4n) is 1.65. The summed E-state index contributed by atoms with van der Waals surface area (Å²) in [5.41, 5.74) is 2.18. The number of terminal acetylenes is 1. The van der Waals surface area contributed by atoms with E-state index >= 15 is 0 Å². The van der Waals surface area contributed by atoms with Crippen LogP contribution in [-0.2, 0) is 6.54 Å². The van der Waals surface area contributed by atoms with Crippen LogP contribution in [0.5, 0.6) is 0 Å². The van der Waals surface area contributed by atoms with E-state index in [0.29, 0.717) is 6.54 Å². The maximum absolute atomic E-state index is 5.26. The third kappa shape index (κ3) is 3.23. The second-order valence-corrected chi connectivity index (χ2v) is 3.79. The van der Waals surface area contributed by atoms with Crippen molar-refractivity contribution >= 4 is 5.84 Å². The summed E-state index contributed by atoms with van der Waals surface area (Å²) >= 11 is 0. The molecular formula is C16H14N2. The van der Waals surface area contributed by atoms with Gasteiger partial charge < -0.3 is 5.32 Å². The quantitative estimate of drug-likeness (QED) is 0.493. The maximum Gasteiger partial charge on any atom is 0.144 e. The molecule has 0 atom stereocenters. The van der Waals surface area contributed by atoms with Crippen LogP contribution >= 0.6 is 0 Å². The van der Waals surface area contributed by atoms with Gasteiger partial charge in [-0.25, -0.2) is 0 Å². The van der Waals surface area contributed by atoms with Crippen molar-refractivity contribution in [2.45, 2.75) is 6.54 Å². The van der Waals surface area contributed by atoms with Gasteiger partial charge in [-0.3, -0.25) is 0 Å². The zero-order chi connectivity index (χ0) is 12.6. The molecule has 0 aliphatic carbocycles. The summed E-state index contributed by atoms with van der Waals surface area (Å²) in [5.74, 6) is 0.724. The molecule has 0 spiro atoms. The van der Waals surface area contributed by atoms with Crippen LogP contribution in [-0.4, -0.2) is 5.84 Å². The average molecular weight is 234 g/mol. The first-order chi connectivity index (χ1) is 8.90. The Morgan fingerprint density at radius 1 is 1.00 bits per heavy atom. The fraction of sp³-hybridized carbons (Fsp3) is 0.0625. The van der Waals surface area contributed by atoms with Crippen molar-refractivity contribution in [1.82, 2.24) is 5.32 Å². The highest BCUT2D eigenvalue weighted by Gasteiger charge is 2.01. The number of amidine groups is 1. The Labute approximate surface area is 107 Å². The molecule has 0 saturated carbocycles. The summed E-state index contributed by atoms with van der Waals surface area (Å²) in [4.78, 5) is 4.04. The number of benzene rings is 2. The van der Waals surface area contributed by atoms with Crippen molar-refractivity contribution in [2.24, 2.45) is 4.99 Å². The molecule has 0 bridgehead atoms. The molecule has 0 aliphatic rings. The van der Waals surface area contributed by atoms with Crippen LogP contribution in [0.4, 0.5) is 0 Å². The first kappa shape index (κ1) is 11.9. The second kappa shape index (κ2) is 6.27. The summed E-state index contributed by atoms with van der Waals surface area (Å²) in [7, 11) is 0. The lowest BCUT2D eigenvalue weighted by molar-refractivity contribution is 0.915. The lowest BCUT2D eigenvalue weighted by atomic mass is 10.2. The Kier molecular flexibility index (Phi) is 4.16. The summed E-state index contributed by atoms with van der Waals surface area (Å²) in [6.45, 7) is 0.705. The van der Waals surface area contributed by atoms with Crippen LogP contribution in [0.1, 0.15) is 11.1 Å². The number of aliphatic imine (C=N–C) groups is 1. The third-order valence-corrected chi connectivity index (χ3v) is 2.53. The van der Waals surface area contributed by atoms with Crippen molar-refractivity contribution in [2.75, 3.05) is 0 Å². The molecule has 0 radical (unpaired) electrons. The molecule has 0 heterocycles. The van der Waals surface area contributed by atoms with Gasteiger partial charge in [-0.05, 0) is 5.56 Å². The van der Waals surface area contributed by atoms with E-state index in [-0.39, 0.29) is 0 Å². The molecule has 2 nitrogen and oxygen atoms in total. The van der Waals surface area contributed by atoms with E-state index in [1.807, 2.05) is 48.5 Å². The van der Waals surface area contributed by atoms with Gasteiger partial charge in [0.05, 0.1) is 0 Å². The van der Waals surface area contributed by atoms with Crippen molar-refractivity contribution in [3.63, 3.8) is 0 Å². The molecule has 0 unspecified atom stereocenters. The Balaban J connectivity index is 2.10. The van der Waals surface area contributed by atoms with Gasteiger partial charge in [-0.2, -0.15) is 4.99 Å². The summed E-state index contributed by atoms with van der Waals surface area (Å²) in [6.07, 6.45) is 5.26. The van der Waals surface area contributed by atoms with Gasteiger partial charge in [0.1, 0.15) is 5.84 Å². The van der Waals surface area contributed by atoms with Gasteiger partial charge in [0, 0.05) is 18.2 Å². The van der Waals surface area contributed by atoms with Crippen molar-refractivity contribution < 1.29 is 0 Å². The van der Waals surface area contributed by atoms with Gasteiger partial charge >= 0.3 is 0 Å². The summed E-state index contributed by atoms with van der Waals surface area (Å²) < 4.78 is 0. The Morgan fingerprint density at radius 3 is 2.22 bits per heavy atom. The Bertz CT molecular complexity index is 551. The zero-order valence-electron chi connectivity index (χ0n) is 10.0. The van der Waals surface area contributed by atoms with E-state index in [9.17, 15) is 0 Å². The van der Waals surface area contributed by atoms with Gasteiger partial charge in [0.15, 0.2) is 0 Å². The largest absolute Gasteiger partial charge is 0.365 e. The molecular weight excluding hydrogens is 220 g/mol. The normalized spacial score (nSPS) is 10.7. The minimum atomic E-state index is 0.705. The van der Waals surface area contributed by atoms with Crippen LogP contribution in [0, 0.1) is 12.5 Å². The Morgan fingerprint density at radius 2 is 1.61 bits per heavy atom. The standard InChI is InChI=1S/C16H14N2/c1-2-17-16(15-11-7-4-8-12-15)18-13-14-9-5-3-6-10-14/h1,3-12H,13H2,(H,17,18). The van der Waals surface area contributed by atoms with E-state index in [1.165, 1.54) is 5.56 Å². The molecule has 2 rings (SSSR count). The van der Waals surface area contributed by atoms with Gasteiger partial charge in [0.2, 0.25) is 0 Å². The smallest absolute Gasteiger partial charge is 0.144 e. The zero-order valence-corrected chi connectivity index (χ0v) is 10.0. The van der Waals surface area contributed by atoms with E-state index in [4.69, 9.17) is 6.42 Å². The molecule has 0 saturated heterocycles. The minimum Gasteiger partial charge on any atom is -0.365 e. The van der Waals surface area contributed by atoms with Crippen molar-refractivity contribution in [1.29, 1.82) is 0 Å². The molecule has 2 aromatic rings. The van der Waals surface area contributed by atoms with Crippen LogP contribution < -0.4 is 5.32 Å². The molecule has 0 fully saturated rings. The average Bonchev–Trinajstić information content (AvgIpc) is 2.45. The number of hydrogen-bond donors (Lipinski definition) is 1. The highest BCUT2D eigenvalue weighted by molar-refractivity contribution is 5.99. The van der Waals surface area contributed by atoms with Crippen LogP contribution in [0.3, 0.4) is 0 Å². The molecule has 1 N–H and O–H groups in total. The maximum atomic E-state index is 5.26. The van der Waals surface area contributed by atoms with Gasteiger partial charge in [0.25, 0.3) is 0 Å². The molecule has 88 valence electrons. The second-order valence-electron chi connectivity index (χ2n) is 3.79. The predicted octanol–water partition coefficient (Wildman–Crippen LogP) is 2.81. The molecule has 2 heteroatoms. The SMILES string of the molecule is C#CN=C(NCc1ccccc1)c1ccccc1. The fourth-order valence-corrected chi connectivity index (χ4v) is 1.65. The highest BCUT2D eigenvalue weighted by atomic mass is 15.0. The number of rotatable bonds is 3. The lowest BCUT2D eigenvalue weighted by Crippen LogP contribution is -2.23. The van der Waals surface area contributed by atoms with E-state index in [2.05, 4.69) is 28.5 Å². The van der Waals surface area contributed by atoms with Crippen molar-refractivity contribution in [3.05, 3.63) is 71.8 Å². The number of nitrogens with one attached hydrogen (secondary N) is 1. The Hall–Kier alpha value is -2.53. The minimum absolute atomic E-state index is 0.705. The van der Waals surface area contributed by atoms with Gasteiger partial charge in [-0.15, -0.1) is 0 Å². The summed E-state index contributed by atoms with van der Waals surface area (Å²) in [6, 6.07) is 22.3. The van der Waals surface area contributed by atoms with Gasteiger partial charge in [-0.1, -0.05) is 67.1 Å². The molecule has 0 aromatic heterocycles. The molecule has 0 amide bonds. The van der Waals surface area contributed by atoms with Crippen LogP contribution in [0.15, 0.2) is 65.7 Å². The first-order valence-electron chi connectivity index (χ1n) is 5.76. The van der Waals surface area contributed by atoms with E-state index in [0.717, 1.165) is 11.4 Å². The summed E-state index contributed by atoms with van der Waals surface area (Å²) in [5, 5.41) is 3.26. The van der Waals surface area contributed by atoms with E-state index in [1.54, 1.807) is 0 Å². The van der Waals surface area contributed by atoms with E-state index < -0.39 is 0 Å². The molecule has 2 aromatic carbocycles. The first-order valence-corrected chi connectivity index (χ1v) is 5.76. The topological polar surface area (TPSA) is 24.4 Å².